The van der Waals surface area contributed by atoms with Gasteiger partial charge < -0.3 is 19.4 Å². The van der Waals surface area contributed by atoms with Crippen LogP contribution in [0.2, 0.25) is 0 Å². The first kappa shape index (κ1) is 25.1. The van der Waals surface area contributed by atoms with Gasteiger partial charge in [-0.1, -0.05) is 0 Å². The number of amides is 2. The summed E-state index contributed by atoms with van der Waals surface area (Å²) >= 11 is 0. The number of ketones is 1. The molecule has 0 unspecified atom stereocenters. The van der Waals surface area contributed by atoms with E-state index in [1.807, 2.05) is 36.8 Å². The molecular formula is C24H33N5O6. The number of imide groups is 1. The predicted octanol–water partition coefficient (Wildman–Crippen LogP) is 1.12. The van der Waals surface area contributed by atoms with Crippen LogP contribution in [-0.4, -0.2) is 85.4 Å². The highest BCUT2D eigenvalue weighted by Gasteiger charge is 2.59. The Balaban J connectivity index is 1.91. The van der Waals surface area contributed by atoms with Crippen LogP contribution in [0.1, 0.15) is 33.3 Å². The molecule has 4 rings (SSSR count). The summed E-state index contributed by atoms with van der Waals surface area (Å²) in [6.07, 6.45) is -0.727. The molecule has 1 aromatic rings. The molecule has 2 fully saturated rings. The number of Topliss-reactive ketones (excluding diaryl/α,β-unsaturated/α-hetero) is 1. The number of nitro groups is 1. The summed E-state index contributed by atoms with van der Waals surface area (Å²) in [6.45, 7) is 9.61. The third-order valence-corrected chi connectivity index (χ3v) is 7.50. The van der Waals surface area contributed by atoms with Gasteiger partial charge in [-0.3, -0.25) is 29.8 Å². The van der Waals surface area contributed by atoms with Gasteiger partial charge in [-0.2, -0.15) is 0 Å². The number of nitrogens with one attached hydrogen (secondary N) is 1. The molecule has 35 heavy (non-hydrogen) atoms. The summed E-state index contributed by atoms with van der Waals surface area (Å²) in [6, 6.07) is 2.68. The number of nitrogens with zero attached hydrogens (tertiary/aromatic N) is 4. The van der Waals surface area contributed by atoms with Crippen LogP contribution >= 0.6 is 0 Å². The van der Waals surface area contributed by atoms with Crippen molar-refractivity contribution in [1.82, 2.24) is 10.2 Å². The number of likely N-dealkylation sites (N-methyl/N-ethyl adjacent to an activating group) is 1. The average Bonchev–Trinajstić information content (AvgIpc) is 2.77. The minimum atomic E-state index is -1.62. The normalized spacial score (nSPS) is 28.7. The molecule has 2 saturated heterocycles. The summed E-state index contributed by atoms with van der Waals surface area (Å²) < 4.78 is 6.07. The Morgan fingerprint density at radius 1 is 1.11 bits per heavy atom. The maximum atomic E-state index is 13.4. The van der Waals surface area contributed by atoms with Gasteiger partial charge in [-0.25, -0.2) is 0 Å². The molecule has 11 heteroatoms. The van der Waals surface area contributed by atoms with Crippen molar-refractivity contribution in [3.8, 4) is 0 Å². The average molecular weight is 488 g/mol. The number of piperazine rings is 1. The molecule has 0 bridgehead atoms. The minimum absolute atomic E-state index is 0.0504. The lowest BCUT2D eigenvalue weighted by molar-refractivity contribution is -0.384. The number of hydrogen-bond donors (Lipinski definition) is 1. The van der Waals surface area contributed by atoms with Crippen LogP contribution in [0.15, 0.2) is 12.1 Å². The fraction of sp³-hybridized carbons (Fsp3) is 0.625. The first-order chi connectivity index (χ1) is 16.5. The first-order valence-electron chi connectivity index (χ1n) is 12.0. The van der Waals surface area contributed by atoms with E-state index in [0.29, 0.717) is 30.9 Å². The van der Waals surface area contributed by atoms with Gasteiger partial charge in [0.05, 0.1) is 23.2 Å². The van der Waals surface area contributed by atoms with Crippen LogP contribution in [0.25, 0.3) is 0 Å². The number of morpholine rings is 1. The topological polar surface area (TPSA) is 125 Å². The number of carbonyl (C=O) groups is 3. The lowest BCUT2D eigenvalue weighted by atomic mass is 9.65. The highest BCUT2D eigenvalue weighted by molar-refractivity contribution is 6.12. The van der Waals surface area contributed by atoms with Gasteiger partial charge in [0.2, 0.25) is 11.8 Å². The van der Waals surface area contributed by atoms with E-state index in [0.717, 1.165) is 18.8 Å². The van der Waals surface area contributed by atoms with Gasteiger partial charge in [-0.15, -0.1) is 0 Å². The molecule has 1 aromatic carbocycles. The van der Waals surface area contributed by atoms with Crippen LogP contribution < -0.4 is 15.1 Å². The first-order valence-corrected chi connectivity index (χ1v) is 12.0. The fourth-order valence-corrected chi connectivity index (χ4v) is 5.89. The van der Waals surface area contributed by atoms with Crippen molar-refractivity contribution < 1.29 is 24.0 Å². The van der Waals surface area contributed by atoms with E-state index in [4.69, 9.17) is 4.74 Å². The number of fused-ring (bicyclic) bond motifs is 3. The van der Waals surface area contributed by atoms with Gasteiger partial charge in [0.1, 0.15) is 16.9 Å². The molecule has 0 spiro atoms. The monoisotopic (exact) mass is 487 g/mol. The van der Waals surface area contributed by atoms with E-state index in [9.17, 15) is 24.5 Å². The van der Waals surface area contributed by atoms with E-state index in [-0.39, 0.29) is 18.2 Å². The van der Waals surface area contributed by atoms with Gasteiger partial charge in [0, 0.05) is 51.4 Å². The predicted molar refractivity (Wildman–Crippen MR) is 130 cm³/mol. The van der Waals surface area contributed by atoms with Crippen LogP contribution in [0.5, 0.6) is 0 Å². The number of carbonyl (C=O) groups excluding carboxylic acids is 3. The molecule has 4 atom stereocenters. The lowest BCUT2D eigenvalue weighted by Gasteiger charge is -2.55. The second kappa shape index (κ2) is 9.19. The van der Waals surface area contributed by atoms with Crippen LogP contribution in [0, 0.1) is 15.5 Å². The molecular weight excluding hydrogens is 454 g/mol. The third-order valence-electron chi connectivity index (χ3n) is 7.50. The third kappa shape index (κ3) is 4.27. The molecule has 0 aliphatic carbocycles. The number of benzene rings is 1. The van der Waals surface area contributed by atoms with Gasteiger partial charge >= 0.3 is 0 Å². The zero-order valence-electron chi connectivity index (χ0n) is 20.9. The Kier molecular flexibility index (Phi) is 6.58. The standard InChI is InChI=1S/C24H33N5O6/c1-14-13-28-19-11-20(27-8-6-26(5)7-9-27)21(29(33)34)10-18(19)12-24(16(3)30,22(28)15(2)35-14)23(32)25-17(4)31/h10-11,14-15,22H,6-9,12-13H2,1-5H3,(H,25,31,32)/t14-,15+,22-,24+/m1/s1. The number of rotatable bonds is 4. The molecule has 3 aliphatic heterocycles. The summed E-state index contributed by atoms with van der Waals surface area (Å²) in [5, 5.41) is 14.4. The maximum absolute atomic E-state index is 13.4. The van der Waals surface area contributed by atoms with Crippen molar-refractivity contribution in [3.05, 3.63) is 27.8 Å². The van der Waals surface area contributed by atoms with Crippen molar-refractivity contribution in [3.63, 3.8) is 0 Å². The molecule has 1 N–H and O–H groups in total. The highest BCUT2D eigenvalue weighted by atomic mass is 16.6. The van der Waals surface area contributed by atoms with Gasteiger partial charge in [0.25, 0.3) is 5.69 Å². The molecule has 3 heterocycles. The quantitative estimate of drug-likeness (QED) is 0.378. The number of ether oxygens (including phenoxy) is 1. The second-order valence-corrected chi connectivity index (χ2v) is 9.98. The van der Waals surface area contributed by atoms with Crippen molar-refractivity contribution in [2.24, 2.45) is 5.41 Å². The zero-order valence-corrected chi connectivity index (χ0v) is 20.9. The number of hydrogen-bond acceptors (Lipinski definition) is 9. The van der Waals surface area contributed by atoms with E-state index in [1.165, 1.54) is 19.9 Å². The Morgan fingerprint density at radius 2 is 1.77 bits per heavy atom. The Morgan fingerprint density at radius 3 is 2.34 bits per heavy atom. The van der Waals surface area contributed by atoms with Crippen molar-refractivity contribution >= 4 is 34.7 Å². The smallest absolute Gasteiger partial charge is 0.292 e. The highest BCUT2D eigenvalue weighted by Crippen LogP contribution is 2.49. The van der Waals surface area contributed by atoms with E-state index in [1.54, 1.807) is 0 Å². The summed E-state index contributed by atoms with van der Waals surface area (Å²) in [7, 11) is 2.02. The van der Waals surface area contributed by atoms with Crippen LogP contribution in [0.4, 0.5) is 17.1 Å². The van der Waals surface area contributed by atoms with E-state index >= 15 is 0 Å². The molecule has 0 radical (unpaired) electrons. The number of nitro benzene ring substituents is 1. The zero-order chi connectivity index (χ0) is 25.7. The molecule has 0 saturated carbocycles. The van der Waals surface area contributed by atoms with Crippen molar-refractivity contribution in [2.45, 2.75) is 52.4 Å². The van der Waals surface area contributed by atoms with E-state index in [2.05, 4.69) is 10.2 Å². The number of anilines is 2. The lowest BCUT2D eigenvalue weighted by Crippen LogP contribution is -2.69. The fourth-order valence-electron chi connectivity index (χ4n) is 5.89. The molecule has 0 aromatic heterocycles. The Hall–Kier alpha value is -3.05. The molecule has 2 amide bonds. The van der Waals surface area contributed by atoms with Crippen LogP contribution in [0.3, 0.4) is 0 Å². The summed E-state index contributed by atoms with van der Waals surface area (Å²) in [5.41, 5.74) is 0.174. The summed E-state index contributed by atoms with van der Waals surface area (Å²) in [4.78, 5) is 56.3. The summed E-state index contributed by atoms with van der Waals surface area (Å²) in [5.74, 6) is -1.68. The van der Waals surface area contributed by atoms with Gasteiger partial charge in [0.15, 0.2) is 0 Å². The molecule has 3 aliphatic rings. The van der Waals surface area contributed by atoms with Crippen molar-refractivity contribution in [2.75, 3.05) is 49.6 Å². The van der Waals surface area contributed by atoms with Gasteiger partial charge in [-0.05, 0) is 45.9 Å². The minimum Gasteiger partial charge on any atom is -0.372 e. The molecule has 190 valence electrons. The van der Waals surface area contributed by atoms with E-state index < -0.39 is 40.1 Å². The second-order valence-electron chi connectivity index (χ2n) is 9.98. The Bertz CT molecular complexity index is 1070. The Labute approximate surface area is 204 Å². The SMILES string of the molecule is CC(=O)NC(=O)[C@]1(C(C)=O)Cc2cc([N+](=O)[O-])c(N3CCN(C)CC3)cc2N2C[C@@H](C)O[C@@H](C)[C@@H]21. The largest absolute Gasteiger partial charge is 0.372 e. The van der Waals surface area contributed by atoms with Crippen molar-refractivity contribution in [1.29, 1.82) is 0 Å². The van der Waals surface area contributed by atoms with Crippen LogP contribution in [-0.2, 0) is 25.5 Å². The molecule has 11 nitrogen and oxygen atoms in total. The maximum Gasteiger partial charge on any atom is 0.292 e.